The van der Waals surface area contributed by atoms with Gasteiger partial charge in [-0.15, -0.1) is 0 Å². The molecule has 6 atom stereocenters. The van der Waals surface area contributed by atoms with Crippen LogP contribution in [0.4, 0.5) is 0 Å². The van der Waals surface area contributed by atoms with Gasteiger partial charge in [0.1, 0.15) is 11.2 Å². The zero-order valence-corrected chi connectivity index (χ0v) is 15.3. The Labute approximate surface area is 147 Å². The summed E-state index contributed by atoms with van der Waals surface area (Å²) < 4.78 is 11.8. The van der Waals surface area contributed by atoms with Crippen molar-refractivity contribution in [3.8, 4) is 0 Å². The molecule has 4 saturated carbocycles. The van der Waals surface area contributed by atoms with Crippen LogP contribution in [-0.4, -0.2) is 35.8 Å². The molecule has 0 aromatic rings. The average Bonchev–Trinajstić information content (AvgIpc) is 2.85. The maximum Gasteiger partial charge on any atom is 0.312 e. The Balaban J connectivity index is 1.71. The van der Waals surface area contributed by atoms with E-state index in [2.05, 4.69) is 6.92 Å². The number of ether oxygens (including phenoxy) is 2. The number of Topliss-reactive ketones (excluding diaryl/α,β-unsaturated/α-hetero) is 2. The molecule has 1 saturated heterocycles. The van der Waals surface area contributed by atoms with Crippen molar-refractivity contribution in [2.24, 2.45) is 22.2 Å². The second kappa shape index (κ2) is 4.19. The van der Waals surface area contributed by atoms with Crippen molar-refractivity contribution >= 4 is 17.5 Å². The molecule has 5 fully saturated rings. The number of fused-ring (bicyclic) bond motifs is 1. The average molecular weight is 346 g/mol. The fraction of sp³-hybridized carbons (Fsp3) is 0.850. The monoisotopic (exact) mass is 346 g/mol. The van der Waals surface area contributed by atoms with Crippen LogP contribution < -0.4 is 0 Å². The van der Waals surface area contributed by atoms with E-state index in [4.69, 9.17) is 9.47 Å². The van der Waals surface area contributed by atoms with E-state index in [1.165, 1.54) is 0 Å². The van der Waals surface area contributed by atoms with Crippen LogP contribution in [0.25, 0.3) is 0 Å². The van der Waals surface area contributed by atoms with E-state index in [1.807, 2.05) is 6.92 Å². The lowest BCUT2D eigenvalue weighted by molar-refractivity contribution is -0.232. The number of esters is 1. The maximum atomic E-state index is 13.2. The second-order valence-electron chi connectivity index (χ2n) is 9.59. The number of hydrogen-bond acceptors (Lipinski definition) is 5. The first-order valence-corrected chi connectivity index (χ1v) is 9.59. The molecule has 5 aliphatic rings. The molecule has 25 heavy (non-hydrogen) atoms. The Bertz CT molecular complexity index is 730. The molecule has 4 aliphatic carbocycles. The molecule has 0 unspecified atom stereocenters. The smallest absolute Gasteiger partial charge is 0.312 e. The zero-order chi connectivity index (χ0) is 17.9. The SMILES string of the molecule is CO[C@@]12CC[C@@]3(C)[C@@](CC[C@@H]4[C@@]5(C)CCC[C@]43OC5=O)(C1)C(=O)C2=O. The van der Waals surface area contributed by atoms with Crippen molar-refractivity contribution in [3.63, 3.8) is 0 Å². The summed E-state index contributed by atoms with van der Waals surface area (Å²) in [6.45, 7) is 4.17. The van der Waals surface area contributed by atoms with Gasteiger partial charge in [0.05, 0.1) is 5.41 Å². The summed E-state index contributed by atoms with van der Waals surface area (Å²) in [4.78, 5) is 38.9. The second-order valence-corrected chi connectivity index (χ2v) is 9.59. The van der Waals surface area contributed by atoms with Crippen molar-refractivity contribution in [1.82, 2.24) is 0 Å². The van der Waals surface area contributed by atoms with Gasteiger partial charge in [0.15, 0.2) is 0 Å². The normalized spacial score (nSPS) is 56.4. The van der Waals surface area contributed by atoms with E-state index < -0.39 is 27.4 Å². The molecule has 0 aromatic carbocycles. The predicted molar refractivity (Wildman–Crippen MR) is 87.7 cm³/mol. The Hall–Kier alpha value is -1.23. The van der Waals surface area contributed by atoms with Gasteiger partial charge < -0.3 is 9.47 Å². The van der Waals surface area contributed by atoms with Crippen LogP contribution in [0.1, 0.15) is 65.2 Å². The highest BCUT2D eigenvalue weighted by molar-refractivity contribution is 6.45. The zero-order valence-electron chi connectivity index (χ0n) is 15.3. The van der Waals surface area contributed by atoms with Crippen LogP contribution in [0.15, 0.2) is 0 Å². The van der Waals surface area contributed by atoms with Crippen LogP contribution in [-0.2, 0) is 23.9 Å². The maximum absolute atomic E-state index is 13.2. The van der Waals surface area contributed by atoms with Gasteiger partial charge in [-0.05, 0) is 58.3 Å². The molecule has 5 rings (SSSR count). The third-order valence-corrected chi connectivity index (χ3v) is 9.23. The Morgan fingerprint density at radius 3 is 2.48 bits per heavy atom. The van der Waals surface area contributed by atoms with Crippen LogP contribution in [0.3, 0.4) is 0 Å². The number of methoxy groups -OCH3 is 1. The van der Waals surface area contributed by atoms with E-state index >= 15 is 0 Å². The molecule has 0 amide bonds. The lowest BCUT2D eigenvalue weighted by atomic mass is 9.39. The first kappa shape index (κ1) is 16.0. The summed E-state index contributed by atoms with van der Waals surface area (Å²) in [5.74, 6) is -0.544. The largest absolute Gasteiger partial charge is 0.458 e. The molecule has 1 spiro atoms. The van der Waals surface area contributed by atoms with Gasteiger partial charge in [-0.25, -0.2) is 0 Å². The standard InChI is InChI=1S/C20H26O5/c1-16-6-4-7-20(25-15(16)23)12(16)5-8-18-11-19(24-3,14(22)13(18)21)10-9-17(18,20)2/h12H,4-11H2,1-3H3/t12-,16-,17+,18+,19+,20+/m1/s1. The first-order valence-electron chi connectivity index (χ1n) is 9.59. The van der Waals surface area contributed by atoms with E-state index in [9.17, 15) is 14.4 Å². The molecular formula is C20H26O5. The summed E-state index contributed by atoms with van der Waals surface area (Å²) in [5, 5.41) is 0. The highest BCUT2D eigenvalue weighted by atomic mass is 16.6. The van der Waals surface area contributed by atoms with E-state index in [1.54, 1.807) is 7.11 Å². The Morgan fingerprint density at radius 2 is 1.76 bits per heavy atom. The van der Waals surface area contributed by atoms with Gasteiger partial charge in [-0.2, -0.15) is 0 Å². The molecule has 5 heteroatoms. The minimum atomic E-state index is -0.944. The molecule has 4 bridgehead atoms. The minimum absolute atomic E-state index is 0.0892. The van der Waals surface area contributed by atoms with E-state index in [-0.39, 0.29) is 23.5 Å². The van der Waals surface area contributed by atoms with Crippen molar-refractivity contribution in [2.45, 2.75) is 76.4 Å². The Morgan fingerprint density at radius 1 is 1.00 bits per heavy atom. The van der Waals surface area contributed by atoms with Crippen LogP contribution in [0.5, 0.6) is 0 Å². The van der Waals surface area contributed by atoms with Gasteiger partial charge >= 0.3 is 5.97 Å². The summed E-state index contributed by atoms with van der Waals surface area (Å²) in [6.07, 6.45) is 5.83. The van der Waals surface area contributed by atoms with Crippen molar-refractivity contribution in [2.75, 3.05) is 7.11 Å². The predicted octanol–water partition coefficient (Wildman–Crippen LogP) is 2.60. The number of rotatable bonds is 1. The van der Waals surface area contributed by atoms with Crippen LogP contribution in [0.2, 0.25) is 0 Å². The van der Waals surface area contributed by atoms with E-state index in [0.717, 1.165) is 25.7 Å². The molecule has 1 aliphatic heterocycles. The molecule has 1 heterocycles. The third-order valence-electron chi connectivity index (χ3n) is 9.23. The fourth-order valence-corrected chi connectivity index (χ4v) is 7.72. The summed E-state index contributed by atoms with van der Waals surface area (Å²) in [5.41, 5.74) is -3.15. The van der Waals surface area contributed by atoms with Gasteiger partial charge in [0, 0.05) is 23.9 Å². The lowest BCUT2D eigenvalue weighted by Gasteiger charge is -2.64. The number of ketones is 2. The van der Waals surface area contributed by atoms with Crippen LogP contribution >= 0.6 is 0 Å². The minimum Gasteiger partial charge on any atom is -0.458 e. The molecule has 136 valence electrons. The van der Waals surface area contributed by atoms with Gasteiger partial charge in [-0.3, -0.25) is 14.4 Å². The van der Waals surface area contributed by atoms with E-state index in [0.29, 0.717) is 25.7 Å². The quantitative estimate of drug-likeness (QED) is 0.539. The Kier molecular flexibility index (Phi) is 2.68. The van der Waals surface area contributed by atoms with Gasteiger partial charge in [0.2, 0.25) is 11.6 Å². The first-order chi connectivity index (χ1) is 11.7. The molecular weight excluding hydrogens is 320 g/mol. The highest BCUT2D eigenvalue weighted by Gasteiger charge is 2.82. The summed E-state index contributed by atoms with van der Waals surface area (Å²) in [6, 6.07) is 0. The summed E-state index contributed by atoms with van der Waals surface area (Å²) >= 11 is 0. The van der Waals surface area contributed by atoms with Gasteiger partial charge in [0.25, 0.3) is 0 Å². The fourth-order valence-electron chi connectivity index (χ4n) is 7.72. The highest BCUT2D eigenvalue weighted by Crippen LogP contribution is 2.76. The molecule has 0 aromatic heterocycles. The molecule has 0 N–H and O–H groups in total. The van der Waals surface area contributed by atoms with Crippen molar-refractivity contribution in [1.29, 1.82) is 0 Å². The summed E-state index contributed by atoms with van der Waals surface area (Å²) in [7, 11) is 1.55. The number of hydrogen-bond donors (Lipinski definition) is 0. The van der Waals surface area contributed by atoms with Crippen LogP contribution in [0, 0.1) is 22.2 Å². The van der Waals surface area contributed by atoms with Gasteiger partial charge in [-0.1, -0.05) is 6.92 Å². The number of carbonyl (C=O) groups excluding carboxylic acids is 3. The van der Waals surface area contributed by atoms with Crippen molar-refractivity contribution < 1.29 is 23.9 Å². The number of carbonyl (C=O) groups is 3. The van der Waals surface area contributed by atoms with Crippen molar-refractivity contribution in [3.05, 3.63) is 0 Å². The third kappa shape index (κ3) is 1.34. The topological polar surface area (TPSA) is 69.7 Å². The lowest BCUT2D eigenvalue weighted by Crippen LogP contribution is -2.67. The molecule has 0 radical (unpaired) electrons. The molecule has 5 nitrogen and oxygen atoms in total.